The van der Waals surface area contributed by atoms with Crippen molar-refractivity contribution in [1.29, 1.82) is 0 Å². The maximum Gasteiger partial charge on any atom is 0.253 e. The lowest BCUT2D eigenvalue weighted by Gasteiger charge is -2.10. The van der Waals surface area contributed by atoms with Gasteiger partial charge in [0.2, 0.25) is 5.91 Å². The van der Waals surface area contributed by atoms with Crippen LogP contribution in [0.15, 0.2) is 54.9 Å². The fourth-order valence-electron chi connectivity index (χ4n) is 3.60. The first-order valence-electron chi connectivity index (χ1n) is 9.89. The Kier molecular flexibility index (Phi) is 7.53. The van der Waals surface area contributed by atoms with E-state index in [1.807, 2.05) is 0 Å². The van der Waals surface area contributed by atoms with E-state index in [0.29, 0.717) is 17.8 Å². The Labute approximate surface area is 225 Å². The number of pyridine rings is 1. The Bertz CT molecular complexity index is 1250. The van der Waals surface area contributed by atoms with E-state index in [2.05, 4.69) is 15.6 Å². The highest BCUT2D eigenvalue weighted by Gasteiger charge is 2.67. The van der Waals surface area contributed by atoms with Gasteiger partial charge in [0.15, 0.2) is 0 Å². The van der Waals surface area contributed by atoms with Gasteiger partial charge in [0.25, 0.3) is 5.91 Å². The van der Waals surface area contributed by atoms with E-state index in [9.17, 15) is 9.59 Å². The fraction of sp³-hybridized carbons (Fsp3) is 0.174. The summed E-state index contributed by atoms with van der Waals surface area (Å²) in [7, 11) is 0. The number of carbonyl (C=O) groups is 2. The minimum Gasteiger partial charge on any atom is -0.348 e. The molecule has 1 aromatic heterocycles. The average molecular weight is 578 g/mol. The molecule has 0 saturated heterocycles. The third kappa shape index (κ3) is 5.25. The van der Waals surface area contributed by atoms with E-state index in [-0.39, 0.29) is 25.7 Å². The van der Waals surface area contributed by atoms with E-state index >= 15 is 0 Å². The largest absolute Gasteiger partial charge is 0.348 e. The van der Waals surface area contributed by atoms with Gasteiger partial charge in [-0.2, -0.15) is 0 Å². The number of anilines is 1. The van der Waals surface area contributed by atoms with Gasteiger partial charge in [-0.3, -0.25) is 14.6 Å². The van der Waals surface area contributed by atoms with Gasteiger partial charge in [-0.25, -0.2) is 0 Å². The number of nitrogens with one attached hydrogen (secondary N) is 2. The molecule has 0 spiro atoms. The van der Waals surface area contributed by atoms with E-state index in [1.165, 1.54) is 12.1 Å². The van der Waals surface area contributed by atoms with Crippen molar-refractivity contribution >= 4 is 87.1 Å². The molecule has 1 fully saturated rings. The van der Waals surface area contributed by atoms with E-state index in [1.54, 1.807) is 42.7 Å². The normalized spacial score (nSPS) is 18.3. The summed E-state index contributed by atoms with van der Waals surface area (Å²) in [5.41, 5.74) is 2.05. The van der Waals surface area contributed by atoms with Crippen molar-refractivity contribution in [2.24, 2.45) is 5.92 Å². The fourth-order valence-corrected chi connectivity index (χ4v) is 5.24. The van der Waals surface area contributed by atoms with Crippen LogP contribution in [0.1, 0.15) is 27.4 Å². The lowest BCUT2D eigenvalue weighted by molar-refractivity contribution is -0.117. The van der Waals surface area contributed by atoms with Gasteiger partial charge in [0.1, 0.15) is 4.33 Å². The van der Waals surface area contributed by atoms with Gasteiger partial charge in [-0.15, -0.1) is 23.2 Å². The van der Waals surface area contributed by atoms with E-state index in [4.69, 9.17) is 69.6 Å². The first-order valence-corrected chi connectivity index (χ1v) is 12.2. The number of halogens is 6. The summed E-state index contributed by atoms with van der Waals surface area (Å²) in [6, 6.07) is 11.3. The Morgan fingerprint density at radius 1 is 0.912 bits per heavy atom. The van der Waals surface area contributed by atoms with Gasteiger partial charge in [0.05, 0.1) is 31.6 Å². The van der Waals surface area contributed by atoms with Crippen LogP contribution in [-0.2, 0) is 11.3 Å². The lowest BCUT2D eigenvalue weighted by Crippen LogP contribution is -2.23. The third-order valence-corrected chi connectivity index (χ3v) is 7.85. The zero-order valence-electron chi connectivity index (χ0n) is 17.1. The molecule has 1 saturated carbocycles. The minimum atomic E-state index is -1.36. The molecule has 34 heavy (non-hydrogen) atoms. The van der Waals surface area contributed by atoms with Crippen LogP contribution in [0.4, 0.5) is 5.69 Å². The van der Waals surface area contributed by atoms with Crippen molar-refractivity contribution in [3.63, 3.8) is 0 Å². The summed E-state index contributed by atoms with van der Waals surface area (Å²) in [6.45, 7) is 0.297. The smallest absolute Gasteiger partial charge is 0.253 e. The molecule has 2 atom stereocenters. The van der Waals surface area contributed by atoms with Gasteiger partial charge in [0, 0.05) is 30.5 Å². The molecule has 2 N–H and O–H groups in total. The van der Waals surface area contributed by atoms with Gasteiger partial charge < -0.3 is 10.6 Å². The Morgan fingerprint density at radius 2 is 1.56 bits per heavy atom. The molecule has 0 radical (unpaired) electrons. The highest BCUT2D eigenvalue weighted by atomic mass is 35.5. The van der Waals surface area contributed by atoms with Crippen LogP contribution in [0, 0.1) is 5.92 Å². The number of benzene rings is 2. The number of hydrogen-bond donors (Lipinski definition) is 2. The highest BCUT2D eigenvalue weighted by molar-refractivity contribution is 6.54. The number of aromatic nitrogens is 1. The molecule has 2 amide bonds. The summed E-state index contributed by atoms with van der Waals surface area (Å²) in [4.78, 5) is 29.6. The summed E-state index contributed by atoms with van der Waals surface area (Å²) in [6.07, 6.45) is 3.27. The van der Waals surface area contributed by atoms with Crippen molar-refractivity contribution < 1.29 is 9.59 Å². The molecule has 3 aromatic rings. The second-order valence-corrected chi connectivity index (χ2v) is 10.7. The molecule has 176 valence electrons. The first kappa shape index (κ1) is 25.4. The predicted molar refractivity (Wildman–Crippen MR) is 138 cm³/mol. The van der Waals surface area contributed by atoms with Crippen molar-refractivity contribution in [3.05, 3.63) is 91.6 Å². The molecule has 11 heteroatoms. The molecule has 0 aliphatic heterocycles. The van der Waals surface area contributed by atoms with E-state index < -0.39 is 28.0 Å². The molecule has 1 aliphatic carbocycles. The standard InChI is InChI=1S/C23H15Cl6N3O2/c24-15-2-1-13(9-14(15)21(33)31-10-11-3-5-30-6-4-11)32-22(34)19-18(23(19,28)29)12-7-16(25)20(27)17(26)8-12/h1-9,18-19H,10H2,(H,31,33)(H,32,34)/t18-,19+/m0/s1. The van der Waals surface area contributed by atoms with Crippen molar-refractivity contribution in [2.45, 2.75) is 16.8 Å². The zero-order chi connectivity index (χ0) is 24.6. The number of hydrogen-bond acceptors (Lipinski definition) is 3. The SMILES string of the molecule is O=C(NCc1ccncc1)c1cc(NC(=O)[C@H]2[C@H](c3cc(Cl)c(Cl)c(Cl)c3)C2(Cl)Cl)ccc1Cl. The minimum absolute atomic E-state index is 0.208. The lowest BCUT2D eigenvalue weighted by atomic mass is 10.1. The Hall–Kier alpha value is -1.73. The van der Waals surface area contributed by atoms with Crippen LogP contribution in [-0.4, -0.2) is 21.1 Å². The molecule has 1 heterocycles. The van der Waals surface area contributed by atoms with Crippen LogP contribution >= 0.6 is 69.6 Å². The number of carbonyl (C=O) groups excluding carboxylic acids is 2. The zero-order valence-corrected chi connectivity index (χ0v) is 21.6. The van der Waals surface area contributed by atoms with Gasteiger partial charge in [-0.05, 0) is 53.6 Å². The number of nitrogens with zero attached hydrogens (tertiary/aromatic N) is 1. The summed E-state index contributed by atoms with van der Waals surface area (Å²) >= 11 is 37.3. The third-order valence-electron chi connectivity index (χ3n) is 5.38. The predicted octanol–water partition coefficient (Wildman–Crippen LogP) is 7.15. The van der Waals surface area contributed by atoms with E-state index in [0.717, 1.165) is 5.56 Å². The Balaban J connectivity index is 1.47. The Morgan fingerprint density at radius 3 is 2.21 bits per heavy atom. The molecule has 0 bridgehead atoms. The molecule has 1 aliphatic rings. The quantitative estimate of drug-likeness (QED) is 0.241. The summed E-state index contributed by atoms with van der Waals surface area (Å²) < 4.78 is -1.36. The summed E-state index contributed by atoms with van der Waals surface area (Å²) in [5.74, 6) is -2.14. The first-order chi connectivity index (χ1) is 16.1. The number of alkyl halides is 2. The second kappa shape index (κ2) is 10.1. The molecular formula is C23H15Cl6N3O2. The summed E-state index contributed by atoms with van der Waals surface area (Å²) in [5, 5.41) is 6.45. The average Bonchev–Trinajstić information content (AvgIpc) is 3.39. The van der Waals surface area contributed by atoms with Crippen LogP contribution < -0.4 is 10.6 Å². The maximum atomic E-state index is 13.0. The topological polar surface area (TPSA) is 71.1 Å². The van der Waals surface area contributed by atoms with Gasteiger partial charge in [-0.1, -0.05) is 46.4 Å². The van der Waals surface area contributed by atoms with Crippen LogP contribution in [0.2, 0.25) is 20.1 Å². The molecular weight excluding hydrogens is 563 g/mol. The maximum absolute atomic E-state index is 13.0. The van der Waals surface area contributed by atoms with Crippen molar-refractivity contribution in [1.82, 2.24) is 10.3 Å². The van der Waals surface area contributed by atoms with Crippen LogP contribution in [0.5, 0.6) is 0 Å². The monoisotopic (exact) mass is 575 g/mol. The molecule has 2 aromatic carbocycles. The van der Waals surface area contributed by atoms with Crippen LogP contribution in [0.3, 0.4) is 0 Å². The molecule has 0 unspecified atom stereocenters. The van der Waals surface area contributed by atoms with Crippen molar-refractivity contribution in [2.75, 3.05) is 5.32 Å². The number of rotatable bonds is 6. The second-order valence-electron chi connectivity index (χ2n) is 7.65. The molecule has 4 rings (SSSR count). The number of amides is 2. The highest BCUT2D eigenvalue weighted by Crippen LogP contribution is 2.65. The van der Waals surface area contributed by atoms with Crippen molar-refractivity contribution in [3.8, 4) is 0 Å². The van der Waals surface area contributed by atoms with Crippen LogP contribution in [0.25, 0.3) is 0 Å². The molecule has 5 nitrogen and oxygen atoms in total. The van der Waals surface area contributed by atoms with Gasteiger partial charge >= 0.3 is 0 Å².